The minimum atomic E-state index is -0.243. The van der Waals surface area contributed by atoms with E-state index in [2.05, 4.69) is 22.2 Å². The van der Waals surface area contributed by atoms with E-state index >= 15 is 0 Å². The second-order valence-corrected chi connectivity index (χ2v) is 8.73. The van der Waals surface area contributed by atoms with E-state index < -0.39 is 0 Å². The Balaban J connectivity index is 1.80. The largest absolute Gasteiger partial charge is 0.439 e. The van der Waals surface area contributed by atoms with Gasteiger partial charge in [0.1, 0.15) is 11.4 Å². The lowest BCUT2D eigenvalue weighted by Gasteiger charge is -2.33. The number of aromatic nitrogens is 1. The van der Waals surface area contributed by atoms with Crippen molar-refractivity contribution in [1.29, 1.82) is 0 Å². The lowest BCUT2D eigenvalue weighted by atomic mass is 9.83. The highest BCUT2D eigenvalue weighted by atomic mass is 16.5. The molecular formula is C25H31N5O4. The molecule has 1 saturated carbocycles. The molecule has 3 amide bonds. The van der Waals surface area contributed by atoms with E-state index in [0.29, 0.717) is 48.4 Å². The molecule has 0 aliphatic heterocycles. The van der Waals surface area contributed by atoms with Gasteiger partial charge in [0.05, 0.1) is 5.69 Å². The van der Waals surface area contributed by atoms with Crippen LogP contribution >= 0.6 is 0 Å². The molecule has 1 aliphatic carbocycles. The van der Waals surface area contributed by atoms with Crippen LogP contribution in [0.15, 0.2) is 47.5 Å². The normalized spacial score (nSPS) is 18.0. The van der Waals surface area contributed by atoms with Crippen LogP contribution < -0.4 is 10.1 Å². The summed E-state index contributed by atoms with van der Waals surface area (Å²) >= 11 is 0. The minimum Gasteiger partial charge on any atom is -0.439 e. The third-order valence-electron chi connectivity index (χ3n) is 5.79. The third kappa shape index (κ3) is 6.87. The predicted octanol–water partition coefficient (Wildman–Crippen LogP) is 4.23. The first-order chi connectivity index (χ1) is 16.4. The number of benzene rings is 1. The van der Waals surface area contributed by atoms with Crippen LogP contribution in [-0.2, 0) is 4.79 Å². The summed E-state index contributed by atoms with van der Waals surface area (Å²) in [5.41, 5.74) is 0.821. The number of carbonyl (C=O) groups excluding carboxylic acids is 3. The van der Waals surface area contributed by atoms with Gasteiger partial charge >= 0.3 is 6.03 Å². The van der Waals surface area contributed by atoms with E-state index in [1.807, 2.05) is 0 Å². The summed E-state index contributed by atoms with van der Waals surface area (Å²) in [5.74, 6) is 2.04. The molecule has 3 rings (SSSR count). The summed E-state index contributed by atoms with van der Waals surface area (Å²) in [6.45, 7) is 2.74. The number of rotatable bonds is 7. The number of nitrogens with one attached hydrogen (secondary N) is 1. The summed E-state index contributed by atoms with van der Waals surface area (Å²) in [7, 11) is 3.35. The number of amides is 3. The van der Waals surface area contributed by atoms with E-state index in [1.54, 1.807) is 56.6 Å². The molecule has 0 unspecified atom stereocenters. The van der Waals surface area contributed by atoms with Crippen LogP contribution in [0.2, 0.25) is 0 Å². The SMILES string of the molecule is CC1CCC(CN(C(=O)N(C)C)C(=Nc2ccc(Oc3cccc(C=O)n3)cc2)NC=O)CC1. The van der Waals surface area contributed by atoms with Crippen LogP contribution in [0, 0.1) is 11.8 Å². The zero-order chi connectivity index (χ0) is 24.5. The summed E-state index contributed by atoms with van der Waals surface area (Å²) < 4.78 is 5.69. The molecule has 2 aromatic rings. The highest BCUT2D eigenvalue weighted by Crippen LogP contribution is 2.29. The molecule has 1 aromatic heterocycles. The van der Waals surface area contributed by atoms with E-state index in [4.69, 9.17) is 4.74 Å². The average Bonchev–Trinajstić information content (AvgIpc) is 2.84. The van der Waals surface area contributed by atoms with Gasteiger partial charge in [-0.1, -0.05) is 25.8 Å². The second kappa shape index (κ2) is 11.9. The summed E-state index contributed by atoms with van der Waals surface area (Å²) in [5, 5.41) is 2.61. The molecule has 1 fully saturated rings. The zero-order valence-electron chi connectivity index (χ0n) is 19.8. The molecule has 0 bridgehead atoms. The van der Waals surface area contributed by atoms with Crippen molar-refractivity contribution >= 4 is 30.4 Å². The van der Waals surface area contributed by atoms with E-state index in [9.17, 15) is 14.4 Å². The maximum Gasteiger partial charge on any atom is 0.326 e. The first kappa shape index (κ1) is 24.9. The van der Waals surface area contributed by atoms with Crippen molar-refractivity contribution in [3.63, 3.8) is 0 Å². The van der Waals surface area contributed by atoms with Crippen molar-refractivity contribution < 1.29 is 19.1 Å². The topological polar surface area (TPSA) is 104 Å². The molecule has 9 nitrogen and oxygen atoms in total. The van der Waals surface area contributed by atoms with E-state index in [-0.39, 0.29) is 17.7 Å². The number of urea groups is 1. The number of pyridine rings is 1. The van der Waals surface area contributed by atoms with Gasteiger partial charge in [0.2, 0.25) is 18.2 Å². The Labute approximate surface area is 199 Å². The molecule has 0 radical (unpaired) electrons. The Morgan fingerprint density at radius 3 is 2.44 bits per heavy atom. The van der Waals surface area contributed by atoms with Gasteiger partial charge in [-0.15, -0.1) is 0 Å². The Morgan fingerprint density at radius 2 is 1.82 bits per heavy atom. The molecule has 0 spiro atoms. The first-order valence-corrected chi connectivity index (χ1v) is 11.4. The highest BCUT2D eigenvalue weighted by molar-refractivity contribution is 6.01. The van der Waals surface area contributed by atoms with E-state index in [1.165, 1.54) is 9.80 Å². The molecule has 1 N–H and O–H groups in total. The molecular weight excluding hydrogens is 434 g/mol. The number of ether oxygens (including phenoxy) is 1. The molecule has 180 valence electrons. The molecule has 1 aromatic carbocycles. The highest BCUT2D eigenvalue weighted by Gasteiger charge is 2.27. The first-order valence-electron chi connectivity index (χ1n) is 11.4. The summed E-state index contributed by atoms with van der Waals surface area (Å²) in [4.78, 5) is 46.9. The average molecular weight is 466 g/mol. The van der Waals surface area contributed by atoms with Crippen LogP contribution in [-0.4, -0.2) is 60.1 Å². The van der Waals surface area contributed by atoms with Gasteiger partial charge in [-0.3, -0.25) is 19.8 Å². The standard InChI is InChI=1S/C25H31N5O4/c1-18-7-9-19(10-8-18)15-30(25(33)29(2)3)24(26-17-32)28-20-11-13-22(14-12-20)34-23-6-4-5-21(16-31)27-23/h4-6,11-14,16-19H,7-10,15H2,1-3H3,(H,26,28,32). The Kier molecular flexibility index (Phi) is 8.73. The molecule has 34 heavy (non-hydrogen) atoms. The van der Waals surface area contributed by atoms with Crippen LogP contribution in [0.1, 0.15) is 43.1 Å². The quantitative estimate of drug-likeness (QED) is 0.374. The molecule has 0 atom stereocenters. The lowest BCUT2D eigenvalue weighted by molar-refractivity contribution is -0.108. The van der Waals surface area contributed by atoms with Crippen LogP contribution in [0.4, 0.5) is 10.5 Å². The Hall–Kier alpha value is -3.75. The Morgan fingerprint density at radius 1 is 1.12 bits per heavy atom. The smallest absolute Gasteiger partial charge is 0.326 e. The van der Waals surface area contributed by atoms with Crippen molar-refractivity contribution in [2.45, 2.75) is 32.6 Å². The minimum absolute atomic E-state index is 0.182. The predicted molar refractivity (Wildman–Crippen MR) is 129 cm³/mol. The van der Waals surface area contributed by atoms with Gasteiger partial charge in [0, 0.05) is 26.7 Å². The third-order valence-corrected chi connectivity index (χ3v) is 5.79. The number of hydrogen-bond acceptors (Lipinski definition) is 6. The second-order valence-electron chi connectivity index (χ2n) is 8.73. The van der Waals surface area contributed by atoms with Crippen molar-refractivity contribution in [2.24, 2.45) is 16.8 Å². The Bertz CT molecular complexity index is 1010. The molecule has 0 saturated heterocycles. The van der Waals surface area contributed by atoms with Crippen molar-refractivity contribution in [2.75, 3.05) is 20.6 Å². The van der Waals surface area contributed by atoms with Gasteiger partial charge in [0.25, 0.3) is 0 Å². The molecule has 9 heteroatoms. The maximum absolute atomic E-state index is 13.0. The van der Waals surface area contributed by atoms with Gasteiger partial charge in [-0.05, 0) is 55.0 Å². The summed E-state index contributed by atoms with van der Waals surface area (Å²) in [6, 6.07) is 11.5. The zero-order valence-corrected chi connectivity index (χ0v) is 19.8. The number of guanidine groups is 1. The number of aldehydes is 1. The van der Waals surface area contributed by atoms with Crippen LogP contribution in [0.25, 0.3) is 0 Å². The van der Waals surface area contributed by atoms with Crippen molar-refractivity contribution in [3.05, 3.63) is 48.2 Å². The number of aliphatic imine (C=N–C) groups is 1. The van der Waals surface area contributed by atoms with Crippen molar-refractivity contribution in [3.8, 4) is 11.6 Å². The van der Waals surface area contributed by atoms with Crippen LogP contribution in [0.3, 0.4) is 0 Å². The lowest BCUT2D eigenvalue weighted by Crippen LogP contribution is -2.50. The van der Waals surface area contributed by atoms with Crippen LogP contribution in [0.5, 0.6) is 11.6 Å². The fraction of sp³-hybridized carbons (Fsp3) is 0.400. The number of hydrogen-bond donors (Lipinski definition) is 1. The fourth-order valence-corrected chi connectivity index (χ4v) is 3.87. The number of nitrogens with zero attached hydrogens (tertiary/aromatic N) is 4. The van der Waals surface area contributed by atoms with Gasteiger partial charge in [-0.25, -0.2) is 14.8 Å². The maximum atomic E-state index is 13.0. The number of carbonyl (C=O) groups is 3. The molecule has 1 heterocycles. The van der Waals surface area contributed by atoms with Gasteiger partial charge < -0.3 is 9.64 Å². The molecule has 1 aliphatic rings. The van der Waals surface area contributed by atoms with E-state index in [0.717, 1.165) is 25.7 Å². The van der Waals surface area contributed by atoms with Crippen molar-refractivity contribution in [1.82, 2.24) is 20.1 Å². The van der Waals surface area contributed by atoms with Gasteiger partial charge in [-0.2, -0.15) is 0 Å². The summed E-state index contributed by atoms with van der Waals surface area (Å²) in [6.07, 6.45) is 5.53. The van der Waals surface area contributed by atoms with Gasteiger partial charge in [0.15, 0.2) is 6.29 Å². The monoisotopic (exact) mass is 465 g/mol. The fourth-order valence-electron chi connectivity index (χ4n) is 3.87.